The van der Waals surface area contributed by atoms with Gasteiger partial charge in [-0.05, 0) is 37.7 Å². The standard InChI is InChI=1S/C12H20N2O/c1-10-7-11(14(2)13-10)8-12(9-15)5-3-4-6-12/h7,15H,3-6,8-9H2,1-2H3. The van der Waals surface area contributed by atoms with Gasteiger partial charge in [0.25, 0.3) is 0 Å². The molecule has 2 rings (SSSR count). The molecule has 1 N–H and O–H groups in total. The van der Waals surface area contributed by atoms with Crippen LogP contribution in [0.1, 0.15) is 37.1 Å². The average molecular weight is 208 g/mol. The number of aryl methyl sites for hydroxylation is 2. The Hall–Kier alpha value is -0.830. The Morgan fingerprint density at radius 2 is 2.13 bits per heavy atom. The van der Waals surface area contributed by atoms with Crippen LogP contribution in [0.4, 0.5) is 0 Å². The van der Waals surface area contributed by atoms with Crippen molar-refractivity contribution in [2.45, 2.75) is 39.0 Å². The first-order valence-corrected chi connectivity index (χ1v) is 5.76. The van der Waals surface area contributed by atoms with E-state index in [9.17, 15) is 5.11 Å². The maximum atomic E-state index is 9.55. The number of hydrogen-bond donors (Lipinski definition) is 1. The summed E-state index contributed by atoms with van der Waals surface area (Å²) in [4.78, 5) is 0. The van der Waals surface area contributed by atoms with Gasteiger partial charge in [0.05, 0.1) is 5.69 Å². The van der Waals surface area contributed by atoms with Gasteiger partial charge in [-0.3, -0.25) is 4.68 Å². The Labute approximate surface area is 91.1 Å². The molecule has 0 unspecified atom stereocenters. The van der Waals surface area contributed by atoms with E-state index in [4.69, 9.17) is 0 Å². The lowest BCUT2D eigenvalue weighted by molar-refractivity contribution is 0.128. The average Bonchev–Trinajstić information content (AvgIpc) is 2.76. The lowest BCUT2D eigenvalue weighted by atomic mass is 9.82. The summed E-state index contributed by atoms with van der Waals surface area (Å²) in [7, 11) is 1.99. The zero-order chi connectivity index (χ0) is 10.9. The van der Waals surface area contributed by atoms with Gasteiger partial charge in [0.15, 0.2) is 0 Å². The quantitative estimate of drug-likeness (QED) is 0.823. The first-order valence-electron chi connectivity index (χ1n) is 5.76. The predicted molar refractivity (Wildman–Crippen MR) is 59.6 cm³/mol. The number of nitrogens with zero attached hydrogens (tertiary/aromatic N) is 2. The van der Waals surface area contributed by atoms with Crippen LogP contribution >= 0.6 is 0 Å². The molecular weight excluding hydrogens is 188 g/mol. The molecule has 0 atom stereocenters. The molecule has 0 spiro atoms. The van der Waals surface area contributed by atoms with Gasteiger partial charge in [0.2, 0.25) is 0 Å². The van der Waals surface area contributed by atoms with Crippen LogP contribution in [-0.4, -0.2) is 21.5 Å². The Kier molecular flexibility index (Phi) is 2.83. The molecule has 1 aliphatic carbocycles. The second-order valence-electron chi connectivity index (χ2n) is 4.94. The lowest BCUT2D eigenvalue weighted by Gasteiger charge is -2.26. The summed E-state index contributed by atoms with van der Waals surface area (Å²) in [5.74, 6) is 0. The van der Waals surface area contributed by atoms with Crippen LogP contribution in [0, 0.1) is 12.3 Å². The second kappa shape index (κ2) is 3.97. The minimum atomic E-state index is 0.139. The van der Waals surface area contributed by atoms with Gasteiger partial charge in [-0.2, -0.15) is 5.10 Å². The molecular formula is C12H20N2O. The minimum absolute atomic E-state index is 0.139. The van der Waals surface area contributed by atoms with Gasteiger partial charge in [-0.15, -0.1) is 0 Å². The van der Waals surface area contributed by atoms with E-state index in [-0.39, 0.29) is 5.41 Å². The van der Waals surface area contributed by atoms with E-state index in [2.05, 4.69) is 11.2 Å². The molecule has 3 heteroatoms. The molecule has 3 nitrogen and oxygen atoms in total. The number of aliphatic hydroxyl groups is 1. The summed E-state index contributed by atoms with van der Waals surface area (Å²) in [5, 5.41) is 13.9. The van der Waals surface area contributed by atoms with Crippen molar-refractivity contribution in [3.63, 3.8) is 0 Å². The van der Waals surface area contributed by atoms with Crippen LogP contribution in [0.5, 0.6) is 0 Å². The predicted octanol–water partition coefficient (Wildman–Crippen LogP) is 1.82. The van der Waals surface area contributed by atoms with Crippen LogP contribution in [0.25, 0.3) is 0 Å². The van der Waals surface area contributed by atoms with Gasteiger partial charge in [-0.25, -0.2) is 0 Å². The maximum Gasteiger partial charge on any atom is 0.0596 e. The molecule has 15 heavy (non-hydrogen) atoms. The molecule has 0 aliphatic heterocycles. The van der Waals surface area contributed by atoms with Gasteiger partial charge < -0.3 is 5.11 Å². The minimum Gasteiger partial charge on any atom is -0.396 e. The van der Waals surface area contributed by atoms with Gasteiger partial charge >= 0.3 is 0 Å². The monoisotopic (exact) mass is 208 g/mol. The van der Waals surface area contributed by atoms with Gasteiger partial charge in [-0.1, -0.05) is 12.8 Å². The summed E-state index contributed by atoms with van der Waals surface area (Å²) >= 11 is 0. The Morgan fingerprint density at radius 3 is 2.60 bits per heavy atom. The van der Waals surface area contributed by atoms with Crippen LogP contribution in [-0.2, 0) is 13.5 Å². The van der Waals surface area contributed by atoms with Crippen molar-refractivity contribution in [3.8, 4) is 0 Å². The third kappa shape index (κ3) is 2.07. The summed E-state index contributed by atoms with van der Waals surface area (Å²) in [6.07, 6.45) is 5.82. The molecule has 1 saturated carbocycles. The van der Waals surface area contributed by atoms with Gasteiger partial charge in [0.1, 0.15) is 0 Å². The molecule has 0 amide bonds. The molecule has 1 aromatic rings. The molecule has 0 radical (unpaired) electrons. The highest BCUT2D eigenvalue weighted by Crippen LogP contribution is 2.40. The SMILES string of the molecule is Cc1cc(CC2(CO)CCCC2)n(C)n1. The summed E-state index contributed by atoms with van der Waals surface area (Å²) in [6.45, 7) is 2.33. The zero-order valence-corrected chi connectivity index (χ0v) is 9.66. The van der Waals surface area contributed by atoms with E-state index in [1.165, 1.54) is 18.5 Å². The molecule has 0 saturated heterocycles. The Bertz CT molecular complexity index is 337. The van der Waals surface area contributed by atoms with E-state index < -0.39 is 0 Å². The van der Waals surface area contributed by atoms with E-state index >= 15 is 0 Å². The molecule has 84 valence electrons. The molecule has 0 aromatic carbocycles. The summed E-state index contributed by atoms with van der Waals surface area (Å²) in [5.41, 5.74) is 2.46. The lowest BCUT2D eigenvalue weighted by Crippen LogP contribution is -2.25. The van der Waals surface area contributed by atoms with Crippen LogP contribution in [0.15, 0.2) is 6.07 Å². The molecule has 1 fully saturated rings. The van der Waals surface area contributed by atoms with Crippen molar-refractivity contribution in [2.75, 3.05) is 6.61 Å². The topological polar surface area (TPSA) is 38.0 Å². The number of hydrogen-bond acceptors (Lipinski definition) is 2. The highest BCUT2D eigenvalue weighted by atomic mass is 16.3. The second-order valence-corrected chi connectivity index (χ2v) is 4.94. The number of aliphatic hydroxyl groups excluding tert-OH is 1. The number of aromatic nitrogens is 2. The van der Waals surface area contributed by atoms with Crippen LogP contribution < -0.4 is 0 Å². The molecule has 0 bridgehead atoms. The van der Waals surface area contributed by atoms with Crippen LogP contribution in [0.2, 0.25) is 0 Å². The van der Waals surface area contributed by atoms with Crippen molar-refractivity contribution in [1.29, 1.82) is 0 Å². The Morgan fingerprint density at radius 1 is 1.47 bits per heavy atom. The van der Waals surface area contributed by atoms with E-state index in [1.807, 2.05) is 18.7 Å². The van der Waals surface area contributed by atoms with Crippen molar-refractivity contribution < 1.29 is 5.11 Å². The molecule has 1 aliphatic rings. The van der Waals surface area contributed by atoms with E-state index in [0.29, 0.717) is 6.61 Å². The first-order chi connectivity index (χ1) is 7.15. The highest BCUT2D eigenvalue weighted by molar-refractivity contribution is 5.11. The zero-order valence-electron chi connectivity index (χ0n) is 9.66. The fourth-order valence-electron chi connectivity index (χ4n) is 2.73. The van der Waals surface area contributed by atoms with Gasteiger partial charge in [0, 0.05) is 19.3 Å². The van der Waals surface area contributed by atoms with Crippen LogP contribution in [0.3, 0.4) is 0 Å². The van der Waals surface area contributed by atoms with E-state index in [1.54, 1.807) is 0 Å². The molecule has 1 heterocycles. The fraction of sp³-hybridized carbons (Fsp3) is 0.750. The normalized spacial score (nSPS) is 19.7. The smallest absolute Gasteiger partial charge is 0.0596 e. The first kappa shape index (κ1) is 10.7. The summed E-state index contributed by atoms with van der Waals surface area (Å²) < 4.78 is 1.95. The fourth-order valence-corrected chi connectivity index (χ4v) is 2.73. The highest BCUT2D eigenvalue weighted by Gasteiger charge is 2.34. The maximum absolute atomic E-state index is 9.55. The number of rotatable bonds is 3. The molecule has 1 aromatic heterocycles. The third-order valence-electron chi connectivity index (χ3n) is 3.65. The largest absolute Gasteiger partial charge is 0.396 e. The van der Waals surface area contributed by atoms with Crippen molar-refractivity contribution in [3.05, 3.63) is 17.5 Å². The van der Waals surface area contributed by atoms with Crippen molar-refractivity contribution in [2.24, 2.45) is 12.5 Å². The summed E-state index contributed by atoms with van der Waals surface area (Å²) in [6, 6.07) is 2.13. The van der Waals surface area contributed by atoms with Crippen molar-refractivity contribution in [1.82, 2.24) is 9.78 Å². The van der Waals surface area contributed by atoms with E-state index in [0.717, 1.165) is 25.0 Å². The third-order valence-corrected chi connectivity index (χ3v) is 3.65. The van der Waals surface area contributed by atoms with Crippen molar-refractivity contribution >= 4 is 0 Å². The Balaban J connectivity index is 2.16.